The summed E-state index contributed by atoms with van der Waals surface area (Å²) >= 11 is 2.86. The Morgan fingerprint density at radius 2 is 2.00 bits per heavy atom. The fraction of sp³-hybridized carbons (Fsp3) is 0.556. The van der Waals surface area contributed by atoms with E-state index >= 15 is 0 Å². The highest BCUT2D eigenvalue weighted by Gasteiger charge is 2.29. The van der Waals surface area contributed by atoms with Crippen molar-refractivity contribution in [2.24, 2.45) is 0 Å². The summed E-state index contributed by atoms with van der Waals surface area (Å²) in [5, 5.41) is 23.7. The minimum Gasteiger partial charge on any atom is -0.394 e. The summed E-state index contributed by atoms with van der Waals surface area (Å²) in [6.45, 7) is -2.31. The van der Waals surface area contributed by atoms with E-state index in [0.29, 0.717) is 0 Å². The van der Waals surface area contributed by atoms with E-state index in [9.17, 15) is 18.0 Å². The van der Waals surface area contributed by atoms with Gasteiger partial charge in [0, 0.05) is 0 Å². The minimum absolute atomic E-state index is 0.0940. The summed E-state index contributed by atoms with van der Waals surface area (Å²) in [6, 6.07) is -0.740. The van der Waals surface area contributed by atoms with E-state index < -0.39 is 37.5 Å². The summed E-state index contributed by atoms with van der Waals surface area (Å²) < 4.78 is 36.6. The second-order valence-electron chi connectivity index (χ2n) is 3.66. The molecule has 0 aliphatic heterocycles. The van der Waals surface area contributed by atoms with E-state index in [-0.39, 0.29) is 14.8 Å². The Hall–Kier alpha value is -1.13. The normalized spacial score (nSPS) is 11.9. The van der Waals surface area contributed by atoms with Crippen LogP contribution in [0.2, 0.25) is 0 Å². The molecule has 1 aromatic heterocycles. The van der Waals surface area contributed by atoms with Gasteiger partial charge in [0.25, 0.3) is 5.56 Å². The summed E-state index contributed by atoms with van der Waals surface area (Å²) in [5.41, 5.74) is -0.867. The van der Waals surface area contributed by atoms with Gasteiger partial charge >= 0.3 is 6.18 Å². The molecule has 0 atom stereocenters. The third kappa shape index (κ3) is 4.48. The van der Waals surface area contributed by atoms with Gasteiger partial charge in [0.05, 0.1) is 31.1 Å². The molecule has 0 unspecified atom stereocenters. The second-order valence-corrected chi connectivity index (χ2v) is 4.45. The maximum absolute atomic E-state index is 12.2. The molecule has 108 valence electrons. The number of anilines is 1. The van der Waals surface area contributed by atoms with Crippen molar-refractivity contribution >= 4 is 21.6 Å². The molecule has 0 radical (unpaired) electrons. The zero-order valence-electron chi connectivity index (χ0n) is 9.48. The van der Waals surface area contributed by atoms with Crippen LogP contribution in [0.5, 0.6) is 0 Å². The van der Waals surface area contributed by atoms with Gasteiger partial charge in [-0.25, -0.2) is 4.68 Å². The predicted octanol–water partition coefficient (Wildman–Crippen LogP) is 0.333. The highest BCUT2D eigenvalue weighted by atomic mass is 79.9. The molecule has 0 saturated heterocycles. The second kappa shape index (κ2) is 6.35. The van der Waals surface area contributed by atoms with Crippen LogP contribution >= 0.6 is 15.9 Å². The van der Waals surface area contributed by atoms with Crippen LogP contribution < -0.4 is 10.9 Å². The van der Waals surface area contributed by atoms with Crippen molar-refractivity contribution in [1.29, 1.82) is 0 Å². The highest BCUT2D eigenvalue weighted by Crippen LogP contribution is 2.19. The first-order valence-corrected chi connectivity index (χ1v) is 5.88. The molecule has 0 saturated carbocycles. The van der Waals surface area contributed by atoms with Crippen molar-refractivity contribution < 1.29 is 23.4 Å². The first kappa shape index (κ1) is 15.9. The maximum Gasteiger partial charge on any atom is 0.408 e. The monoisotopic (exact) mass is 345 g/mol. The molecule has 0 amide bonds. The van der Waals surface area contributed by atoms with Crippen LogP contribution in [-0.2, 0) is 6.54 Å². The average Bonchev–Trinajstić information content (AvgIpc) is 2.33. The van der Waals surface area contributed by atoms with Gasteiger partial charge in [0.2, 0.25) is 0 Å². The van der Waals surface area contributed by atoms with Crippen molar-refractivity contribution in [3.05, 3.63) is 21.0 Å². The number of halogens is 4. The van der Waals surface area contributed by atoms with Crippen molar-refractivity contribution in [3.8, 4) is 0 Å². The van der Waals surface area contributed by atoms with Crippen LogP contribution in [0.3, 0.4) is 0 Å². The van der Waals surface area contributed by atoms with Gasteiger partial charge in [0.1, 0.15) is 11.0 Å². The quantitative estimate of drug-likeness (QED) is 0.716. The van der Waals surface area contributed by atoms with Crippen molar-refractivity contribution in [1.82, 2.24) is 9.78 Å². The molecule has 10 heteroatoms. The molecule has 19 heavy (non-hydrogen) atoms. The van der Waals surface area contributed by atoms with Gasteiger partial charge < -0.3 is 15.5 Å². The Morgan fingerprint density at radius 1 is 1.42 bits per heavy atom. The molecule has 0 aromatic carbocycles. The average molecular weight is 346 g/mol. The lowest BCUT2D eigenvalue weighted by molar-refractivity contribution is -0.143. The summed E-state index contributed by atoms with van der Waals surface area (Å²) in [5.74, 6) is 0. The first-order chi connectivity index (χ1) is 8.78. The van der Waals surface area contributed by atoms with Gasteiger partial charge in [-0.15, -0.1) is 0 Å². The van der Waals surface area contributed by atoms with Gasteiger partial charge in [-0.05, 0) is 15.9 Å². The lowest BCUT2D eigenvalue weighted by Crippen LogP contribution is -2.33. The van der Waals surface area contributed by atoms with E-state index in [0.717, 1.165) is 6.20 Å². The van der Waals surface area contributed by atoms with Gasteiger partial charge in [-0.1, -0.05) is 0 Å². The first-order valence-electron chi connectivity index (χ1n) is 5.09. The van der Waals surface area contributed by atoms with Crippen LogP contribution in [0.4, 0.5) is 18.9 Å². The van der Waals surface area contributed by atoms with Gasteiger partial charge in [0.15, 0.2) is 0 Å². The van der Waals surface area contributed by atoms with E-state index in [2.05, 4.69) is 26.3 Å². The van der Waals surface area contributed by atoms with Crippen molar-refractivity contribution in [2.75, 3.05) is 18.5 Å². The molecule has 0 aliphatic carbocycles. The third-order valence-corrected chi connectivity index (χ3v) is 2.88. The number of rotatable bonds is 5. The van der Waals surface area contributed by atoms with E-state index in [4.69, 9.17) is 10.2 Å². The molecule has 3 N–H and O–H groups in total. The molecule has 1 rings (SSSR count). The number of hydrogen-bond acceptors (Lipinski definition) is 5. The number of aliphatic hydroxyl groups is 2. The molecule has 6 nitrogen and oxygen atoms in total. The smallest absolute Gasteiger partial charge is 0.394 e. The van der Waals surface area contributed by atoms with Crippen LogP contribution in [0, 0.1) is 0 Å². The summed E-state index contributed by atoms with van der Waals surface area (Å²) in [7, 11) is 0. The van der Waals surface area contributed by atoms with E-state index in [1.807, 2.05) is 0 Å². The van der Waals surface area contributed by atoms with Crippen LogP contribution in [0.25, 0.3) is 0 Å². The molecule has 0 aliphatic rings. The Balaban J connectivity index is 3.01. The summed E-state index contributed by atoms with van der Waals surface area (Å²) in [6.07, 6.45) is -3.54. The number of aromatic nitrogens is 2. The van der Waals surface area contributed by atoms with E-state index in [1.54, 1.807) is 0 Å². The molecule has 0 spiro atoms. The van der Waals surface area contributed by atoms with Crippen LogP contribution in [0.15, 0.2) is 15.5 Å². The number of nitrogens with one attached hydrogen (secondary N) is 1. The zero-order valence-corrected chi connectivity index (χ0v) is 11.1. The number of nitrogens with zero attached hydrogens (tertiary/aromatic N) is 2. The molecule has 1 aromatic rings. The zero-order chi connectivity index (χ0) is 14.6. The molecular weight excluding hydrogens is 335 g/mol. The Labute approximate surface area is 114 Å². The predicted molar refractivity (Wildman–Crippen MR) is 63.8 cm³/mol. The minimum atomic E-state index is -4.55. The lowest BCUT2D eigenvalue weighted by Gasteiger charge is -2.16. The highest BCUT2D eigenvalue weighted by molar-refractivity contribution is 9.10. The van der Waals surface area contributed by atoms with Crippen LogP contribution in [0.1, 0.15) is 0 Å². The Kier molecular flexibility index (Phi) is 5.32. The van der Waals surface area contributed by atoms with Gasteiger partial charge in [-0.2, -0.15) is 18.3 Å². The van der Waals surface area contributed by atoms with Crippen molar-refractivity contribution in [2.45, 2.75) is 18.8 Å². The Morgan fingerprint density at radius 3 is 2.47 bits per heavy atom. The standard InChI is InChI=1S/C9H11BrF3N3O3/c10-7-6(15-5(2-17)3-18)1-14-16(8(7)19)4-9(11,12)13/h1,5,15,17-18H,2-4H2. The SMILES string of the molecule is O=c1c(Br)c(NC(CO)CO)cnn1CC(F)(F)F. The van der Waals surface area contributed by atoms with E-state index in [1.165, 1.54) is 0 Å². The number of aliphatic hydroxyl groups excluding tert-OH is 2. The molecule has 0 fully saturated rings. The maximum atomic E-state index is 12.2. The fourth-order valence-electron chi connectivity index (χ4n) is 1.22. The molecule has 0 bridgehead atoms. The van der Waals surface area contributed by atoms with Crippen molar-refractivity contribution in [3.63, 3.8) is 0 Å². The molecule has 1 heterocycles. The van der Waals surface area contributed by atoms with Crippen LogP contribution in [-0.4, -0.2) is 45.4 Å². The lowest BCUT2D eigenvalue weighted by atomic mass is 10.3. The number of alkyl halides is 3. The topological polar surface area (TPSA) is 87.4 Å². The Bertz CT molecular complexity index is 488. The fourth-order valence-corrected chi connectivity index (χ4v) is 1.64. The third-order valence-electron chi connectivity index (χ3n) is 2.11. The molecular formula is C9H11BrF3N3O3. The summed E-state index contributed by atoms with van der Waals surface area (Å²) in [4.78, 5) is 11.6. The largest absolute Gasteiger partial charge is 0.408 e. The van der Waals surface area contributed by atoms with Gasteiger partial charge in [-0.3, -0.25) is 4.79 Å². The number of hydrogen-bond donors (Lipinski definition) is 3.